The Balaban J connectivity index is 1.95. The van der Waals surface area contributed by atoms with Crippen LogP contribution in [0.3, 0.4) is 0 Å². The molecule has 28 heavy (non-hydrogen) atoms. The van der Waals surface area contributed by atoms with Gasteiger partial charge >= 0.3 is 0 Å². The van der Waals surface area contributed by atoms with E-state index in [1.54, 1.807) is 31.4 Å². The summed E-state index contributed by atoms with van der Waals surface area (Å²) in [5, 5.41) is 8.93. The Labute approximate surface area is 164 Å². The van der Waals surface area contributed by atoms with Gasteiger partial charge in [-0.3, -0.25) is 9.79 Å². The predicted molar refractivity (Wildman–Crippen MR) is 107 cm³/mol. The molecule has 150 valence electrons. The second-order valence-corrected chi connectivity index (χ2v) is 7.10. The van der Waals surface area contributed by atoms with Crippen molar-refractivity contribution in [2.75, 3.05) is 13.6 Å². The SMILES string of the molecule is CN=C(NCC(=O)NC(C)(C)C)NCc1cccnc1Oc1cccc(F)c1. The van der Waals surface area contributed by atoms with E-state index in [0.717, 1.165) is 5.56 Å². The summed E-state index contributed by atoms with van der Waals surface area (Å²) in [5.41, 5.74) is 0.461. The summed E-state index contributed by atoms with van der Waals surface area (Å²) in [4.78, 5) is 20.2. The third-order valence-electron chi connectivity index (χ3n) is 3.46. The van der Waals surface area contributed by atoms with Crippen molar-refractivity contribution in [3.05, 3.63) is 54.0 Å². The normalized spacial score (nSPS) is 11.7. The molecule has 0 saturated carbocycles. The van der Waals surface area contributed by atoms with Crippen LogP contribution in [-0.2, 0) is 11.3 Å². The van der Waals surface area contributed by atoms with Gasteiger partial charge in [0.05, 0.1) is 6.54 Å². The fourth-order valence-electron chi connectivity index (χ4n) is 2.32. The number of guanidine groups is 1. The standard InChI is InChI=1S/C20H26FN5O2/c1-20(2,3)26-17(27)13-25-19(22-4)24-12-14-7-6-10-23-18(14)28-16-9-5-8-15(21)11-16/h5-11H,12-13H2,1-4H3,(H,26,27)(H2,22,24,25). The van der Waals surface area contributed by atoms with Gasteiger partial charge in [0.1, 0.15) is 11.6 Å². The lowest BCUT2D eigenvalue weighted by atomic mass is 10.1. The van der Waals surface area contributed by atoms with Gasteiger partial charge in [0.2, 0.25) is 11.8 Å². The second-order valence-electron chi connectivity index (χ2n) is 7.10. The molecule has 1 aromatic carbocycles. The van der Waals surface area contributed by atoms with E-state index in [2.05, 4.69) is 25.9 Å². The minimum atomic E-state index is -0.383. The number of amides is 1. The molecular weight excluding hydrogens is 361 g/mol. The van der Waals surface area contributed by atoms with Crippen LogP contribution < -0.4 is 20.7 Å². The lowest BCUT2D eigenvalue weighted by Gasteiger charge is -2.21. The Bertz CT molecular complexity index is 833. The monoisotopic (exact) mass is 387 g/mol. The van der Waals surface area contributed by atoms with E-state index >= 15 is 0 Å². The maximum atomic E-state index is 13.4. The highest BCUT2D eigenvalue weighted by molar-refractivity contribution is 5.86. The van der Waals surface area contributed by atoms with Crippen molar-refractivity contribution < 1.29 is 13.9 Å². The van der Waals surface area contributed by atoms with E-state index in [1.807, 2.05) is 26.8 Å². The van der Waals surface area contributed by atoms with Gasteiger partial charge in [-0.1, -0.05) is 12.1 Å². The first kappa shape index (κ1) is 21.1. The predicted octanol–water partition coefficient (Wildman–Crippen LogP) is 2.59. The zero-order valence-electron chi connectivity index (χ0n) is 16.5. The fourth-order valence-corrected chi connectivity index (χ4v) is 2.32. The molecular formula is C20H26FN5O2. The molecule has 0 aliphatic rings. The van der Waals surface area contributed by atoms with Gasteiger partial charge in [-0.2, -0.15) is 0 Å². The average Bonchev–Trinajstić information content (AvgIpc) is 2.61. The van der Waals surface area contributed by atoms with Crippen molar-refractivity contribution in [2.45, 2.75) is 32.9 Å². The molecule has 0 spiro atoms. The van der Waals surface area contributed by atoms with Crippen LogP contribution in [0.4, 0.5) is 4.39 Å². The molecule has 0 aliphatic carbocycles. The van der Waals surface area contributed by atoms with Gasteiger partial charge in [-0.15, -0.1) is 0 Å². The third kappa shape index (κ3) is 7.22. The Morgan fingerprint density at radius 2 is 2.00 bits per heavy atom. The maximum absolute atomic E-state index is 13.4. The number of nitrogens with zero attached hydrogens (tertiary/aromatic N) is 2. The maximum Gasteiger partial charge on any atom is 0.239 e. The highest BCUT2D eigenvalue weighted by atomic mass is 19.1. The lowest BCUT2D eigenvalue weighted by Crippen LogP contribution is -2.48. The van der Waals surface area contributed by atoms with Gasteiger partial charge in [0.25, 0.3) is 0 Å². The van der Waals surface area contributed by atoms with Crippen LogP contribution in [0.1, 0.15) is 26.3 Å². The first-order chi connectivity index (χ1) is 13.3. The number of aromatic nitrogens is 1. The minimum absolute atomic E-state index is 0.0939. The van der Waals surface area contributed by atoms with Crippen LogP contribution in [0.15, 0.2) is 47.6 Å². The zero-order chi connectivity index (χ0) is 20.6. The van der Waals surface area contributed by atoms with E-state index in [9.17, 15) is 9.18 Å². The van der Waals surface area contributed by atoms with Gasteiger partial charge < -0.3 is 20.7 Å². The molecule has 1 heterocycles. The number of carbonyl (C=O) groups excluding carboxylic acids is 1. The van der Waals surface area contributed by atoms with Crippen LogP contribution in [0.5, 0.6) is 11.6 Å². The number of carbonyl (C=O) groups is 1. The first-order valence-corrected chi connectivity index (χ1v) is 8.89. The largest absolute Gasteiger partial charge is 0.439 e. The Hall–Kier alpha value is -3.16. The summed E-state index contributed by atoms with van der Waals surface area (Å²) in [6.07, 6.45) is 1.60. The van der Waals surface area contributed by atoms with E-state index in [-0.39, 0.29) is 23.8 Å². The number of hydrogen-bond donors (Lipinski definition) is 3. The molecule has 0 saturated heterocycles. The van der Waals surface area contributed by atoms with Crippen molar-refractivity contribution in [1.29, 1.82) is 0 Å². The summed E-state index contributed by atoms with van der Waals surface area (Å²) in [5.74, 6) is 0.672. The molecule has 0 bridgehead atoms. The molecule has 8 heteroatoms. The van der Waals surface area contributed by atoms with Gasteiger partial charge in [0.15, 0.2) is 5.96 Å². The quantitative estimate of drug-likeness (QED) is 0.524. The third-order valence-corrected chi connectivity index (χ3v) is 3.46. The number of hydrogen-bond acceptors (Lipinski definition) is 4. The van der Waals surface area contributed by atoms with Gasteiger partial charge in [-0.25, -0.2) is 9.37 Å². The Morgan fingerprint density at radius 3 is 2.68 bits per heavy atom. The van der Waals surface area contributed by atoms with Crippen molar-refractivity contribution in [3.63, 3.8) is 0 Å². The molecule has 0 fully saturated rings. The van der Waals surface area contributed by atoms with Crippen LogP contribution in [-0.4, -0.2) is 36.0 Å². The van der Waals surface area contributed by atoms with Crippen molar-refractivity contribution in [1.82, 2.24) is 20.9 Å². The summed E-state index contributed by atoms with van der Waals surface area (Å²) in [6, 6.07) is 9.49. The van der Waals surface area contributed by atoms with Crippen LogP contribution in [0, 0.1) is 5.82 Å². The van der Waals surface area contributed by atoms with Crippen molar-refractivity contribution in [2.24, 2.45) is 4.99 Å². The number of halogens is 1. The van der Waals surface area contributed by atoms with Crippen LogP contribution >= 0.6 is 0 Å². The number of pyridine rings is 1. The molecule has 0 atom stereocenters. The zero-order valence-corrected chi connectivity index (χ0v) is 16.5. The van der Waals surface area contributed by atoms with Crippen LogP contribution in [0.25, 0.3) is 0 Å². The summed E-state index contributed by atoms with van der Waals surface area (Å²) in [7, 11) is 1.62. The highest BCUT2D eigenvalue weighted by Gasteiger charge is 2.14. The Kier molecular flexibility index (Phi) is 7.31. The molecule has 2 rings (SSSR count). The van der Waals surface area contributed by atoms with Crippen molar-refractivity contribution >= 4 is 11.9 Å². The van der Waals surface area contributed by atoms with E-state index in [1.165, 1.54) is 12.1 Å². The smallest absolute Gasteiger partial charge is 0.239 e. The topological polar surface area (TPSA) is 87.6 Å². The first-order valence-electron chi connectivity index (χ1n) is 8.89. The lowest BCUT2D eigenvalue weighted by molar-refractivity contribution is -0.121. The number of nitrogens with one attached hydrogen (secondary N) is 3. The Morgan fingerprint density at radius 1 is 1.21 bits per heavy atom. The second kappa shape index (κ2) is 9.68. The molecule has 1 amide bonds. The molecule has 2 aromatic rings. The minimum Gasteiger partial charge on any atom is -0.439 e. The molecule has 0 radical (unpaired) electrons. The number of ether oxygens (including phenoxy) is 1. The van der Waals surface area contributed by atoms with Gasteiger partial charge in [-0.05, 0) is 39.0 Å². The number of rotatable bonds is 6. The van der Waals surface area contributed by atoms with Crippen LogP contribution in [0.2, 0.25) is 0 Å². The molecule has 0 unspecified atom stereocenters. The number of benzene rings is 1. The van der Waals surface area contributed by atoms with E-state index in [0.29, 0.717) is 24.1 Å². The molecule has 7 nitrogen and oxygen atoms in total. The summed E-state index contributed by atoms with van der Waals surface area (Å²) in [6.45, 7) is 6.21. The van der Waals surface area contributed by atoms with Gasteiger partial charge in [0, 0.05) is 37.0 Å². The summed E-state index contributed by atoms with van der Waals surface area (Å²) >= 11 is 0. The number of aliphatic imine (C=N–C) groups is 1. The van der Waals surface area contributed by atoms with E-state index < -0.39 is 0 Å². The molecule has 3 N–H and O–H groups in total. The fraction of sp³-hybridized carbons (Fsp3) is 0.350. The van der Waals surface area contributed by atoms with E-state index in [4.69, 9.17) is 4.74 Å². The molecule has 0 aliphatic heterocycles. The average molecular weight is 387 g/mol. The highest BCUT2D eigenvalue weighted by Crippen LogP contribution is 2.23. The van der Waals surface area contributed by atoms with Crippen molar-refractivity contribution in [3.8, 4) is 11.6 Å². The molecule has 1 aromatic heterocycles. The summed E-state index contributed by atoms with van der Waals surface area (Å²) < 4.78 is 19.0.